The maximum Gasteiger partial charge on any atom is 0.0701 e. The van der Waals surface area contributed by atoms with E-state index in [-0.39, 0.29) is 0 Å². The molecule has 0 radical (unpaired) electrons. The van der Waals surface area contributed by atoms with Crippen molar-refractivity contribution in [2.24, 2.45) is 0 Å². The summed E-state index contributed by atoms with van der Waals surface area (Å²) >= 11 is 0. The van der Waals surface area contributed by atoms with Gasteiger partial charge in [0.1, 0.15) is 0 Å². The molecule has 88 valence electrons. The van der Waals surface area contributed by atoms with Gasteiger partial charge in [-0.1, -0.05) is 0 Å². The van der Waals surface area contributed by atoms with Crippen LogP contribution in [0.15, 0.2) is 0 Å². The van der Waals surface area contributed by atoms with Crippen molar-refractivity contribution in [3.05, 3.63) is 0 Å². The van der Waals surface area contributed by atoms with Crippen molar-refractivity contribution >= 4 is 39.7 Å². The molecule has 0 saturated carbocycles. The number of hydrogen-bond acceptors (Lipinski definition) is 3. The standard InChI is InChI=1S/C7H15Cl3O3S/c1-11-2-3-12-4-5-13-6-7-14(8,9)10/h2-7H2,1H3. The highest BCUT2D eigenvalue weighted by molar-refractivity contribution is 8.79. The molecule has 0 bridgehead atoms. The first kappa shape index (κ1) is 15.1. The second-order valence-corrected chi connectivity index (χ2v) is 10.00. The number of halogens is 3. The second-order valence-electron chi connectivity index (χ2n) is 2.42. The summed E-state index contributed by atoms with van der Waals surface area (Å²) in [5.74, 6) is 0.468. The van der Waals surface area contributed by atoms with Crippen LogP contribution in [0.5, 0.6) is 0 Å². The van der Waals surface area contributed by atoms with Gasteiger partial charge in [-0.15, -0.1) is 0 Å². The van der Waals surface area contributed by atoms with Crippen LogP contribution in [0, 0.1) is 0 Å². The Labute approximate surface area is 99.7 Å². The summed E-state index contributed by atoms with van der Waals surface area (Å²) < 4.78 is 15.2. The Kier molecular flexibility index (Phi) is 10.1. The molecule has 0 aliphatic rings. The van der Waals surface area contributed by atoms with E-state index < -0.39 is 7.67 Å². The second kappa shape index (κ2) is 9.33. The zero-order valence-electron chi connectivity index (χ0n) is 8.01. The Morgan fingerprint density at radius 1 is 0.857 bits per heavy atom. The molecule has 0 unspecified atom stereocenters. The first-order valence-electron chi connectivity index (χ1n) is 4.10. The fourth-order valence-corrected chi connectivity index (χ4v) is 1.49. The average Bonchev–Trinajstić information content (AvgIpc) is 2.08. The van der Waals surface area contributed by atoms with Crippen LogP contribution in [0.4, 0.5) is 0 Å². The molecule has 0 aliphatic heterocycles. The van der Waals surface area contributed by atoms with E-state index in [1.54, 1.807) is 7.11 Å². The quantitative estimate of drug-likeness (QED) is 0.610. The predicted molar refractivity (Wildman–Crippen MR) is 63.5 cm³/mol. The summed E-state index contributed by atoms with van der Waals surface area (Å²) in [4.78, 5) is 0. The van der Waals surface area contributed by atoms with Gasteiger partial charge in [0.15, 0.2) is 0 Å². The topological polar surface area (TPSA) is 27.7 Å². The average molecular weight is 286 g/mol. The van der Waals surface area contributed by atoms with Crippen molar-refractivity contribution in [1.29, 1.82) is 0 Å². The van der Waals surface area contributed by atoms with Crippen LogP contribution >= 0.6 is 39.7 Å². The number of ether oxygens (including phenoxy) is 3. The molecule has 0 amide bonds. The third-order valence-electron chi connectivity index (χ3n) is 1.26. The Balaban J connectivity index is 2.99. The van der Waals surface area contributed by atoms with Gasteiger partial charge in [0, 0.05) is 12.9 Å². The van der Waals surface area contributed by atoms with E-state index in [0.29, 0.717) is 38.8 Å². The van der Waals surface area contributed by atoms with Gasteiger partial charge < -0.3 is 14.2 Å². The van der Waals surface area contributed by atoms with Gasteiger partial charge in [-0.2, -0.15) is 0 Å². The summed E-state index contributed by atoms with van der Waals surface area (Å²) in [6.45, 7) is 2.69. The normalized spacial score (nSPS) is 13.1. The van der Waals surface area contributed by atoms with Gasteiger partial charge in [0.05, 0.1) is 33.0 Å². The van der Waals surface area contributed by atoms with Crippen LogP contribution in [-0.2, 0) is 14.2 Å². The minimum absolute atomic E-state index is 0.458. The number of methoxy groups -OCH3 is 1. The molecule has 0 heterocycles. The summed E-state index contributed by atoms with van der Waals surface area (Å²) in [6.07, 6.45) is 0. The van der Waals surface area contributed by atoms with Crippen LogP contribution in [0.1, 0.15) is 0 Å². The maximum atomic E-state index is 5.60. The van der Waals surface area contributed by atoms with Crippen LogP contribution in [0.25, 0.3) is 0 Å². The first-order chi connectivity index (χ1) is 6.56. The largest absolute Gasteiger partial charge is 0.382 e. The lowest BCUT2D eigenvalue weighted by Crippen LogP contribution is -2.10. The van der Waals surface area contributed by atoms with Gasteiger partial charge in [-0.05, 0) is 39.7 Å². The lowest BCUT2D eigenvalue weighted by Gasteiger charge is -2.14. The monoisotopic (exact) mass is 284 g/mol. The molecule has 7 heteroatoms. The maximum absolute atomic E-state index is 5.60. The SMILES string of the molecule is COCCOCCOCCS(Cl)(Cl)Cl. The molecule has 0 N–H and O–H groups in total. The van der Waals surface area contributed by atoms with Crippen LogP contribution < -0.4 is 0 Å². The van der Waals surface area contributed by atoms with Gasteiger partial charge in [-0.3, -0.25) is 0 Å². The molecule has 0 spiro atoms. The Morgan fingerprint density at radius 3 is 1.86 bits per heavy atom. The zero-order valence-corrected chi connectivity index (χ0v) is 11.1. The molecule has 0 rings (SSSR count). The van der Waals surface area contributed by atoms with Crippen molar-refractivity contribution in [2.75, 3.05) is 45.9 Å². The predicted octanol–water partition coefficient (Wildman–Crippen LogP) is 2.93. The highest BCUT2D eigenvalue weighted by Gasteiger charge is 2.12. The Bertz CT molecular complexity index is 132. The van der Waals surface area contributed by atoms with Crippen molar-refractivity contribution in [3.8, 4) is 0 Å². The van der Waals surface area contributed by atoms with E-state index in [4.69, 9.17) is 46.3 Å². The van der Waals surface area contributed by atoms with Crippen molar-refractivity contribution in [3.63, 3.8) is 0 Å². The molecular formula is C7H15Cl3O3S. The minimum atomic E-state index is -1.99. The molecule has 0 aromatic carbocycles. The van der Waals surface area contributed by atoms with E-state index in [2.05, 4.69) is 0 Å². The zero-order chi connectivity index (χ0) is 10.9. The smallest absolute Gasteiger partial charge is 0.0701 e. The van der Waals surface area contributed by atoms with Gasteiger partial charge in [0.25, 0.3) is 0 Å². The van der Waals surface area contributed by atoms with Crippen LogP contribution in [-0.4, -0.2) is 45.9 Å². The summed E-state index contributed by atoms with van der Waals surface area (Å²) in [7, 11) is 16.4. The molecular weight excluding hydrogens is 270 g/mol. The third-order valence-corrected chi connectivity index (χ3v) is 3.28. The molecule has 14 heavy (non-hydrogen) atoms. The van der Waals surface area contributed by atoms with Crippen LogP contribution in [0.3, 0.4) is 0 Å². The highest BCUT2D eigenvalue weighted by Crippen LogP contribution is 2.62. The lowest BCUT2D eigenvalue weighted by molar-refractivity contribution is 0.0286. The lowest BCUT2D eigenvalue weighted by atomic mass is 10.7. The summed E-state index contributed by atoms with van der Waals surface area (Å²) in [5.41, 5.74) is 0. The van der Waals surface area contributed by atoms with E-state index >= 15 is 0 Å². The van der Waals surface area contributed by atoms with Crippen molar-refractivity contribution in [1.82, 2.24) is 0 Å². The highest BCUT2D eigenvalue weighted by atomic mass is 36.2. The molecule has 3 nitrogen and oxygen atoms in total. The van der Waals surface area contributed by atoms with E-state index in [1.165, 1.54) is 0 Å². The fraction of sp³-hybridized carbons (Fsp3) is 1.00. The molecule has 0 aromatic rings. The van der Waals surface area contributed by atoms with E-state index in [0.717, 1.165) is 0 Å². The van der Waals surface area contributed by atoms with Gasteiger partial charge in [-0.25, -0.2) is 0 Å². The minimum Gasteiger partial charge on any atom is -0.382 e. The molecule has 0 saturated heterocycles. The van der Waals surface area contributed by atoms with Gasteiger partial charge in [0.2, 0.25) is 0 Å². The first-order valence-corrected chi connectivity index (χ1v) is 8.38. The van der Waals surface area contributed by atoms with Crippen LogP contribution in [0.2, 0.25) is 0 Å². The molecule has 0 aliphatic carbocycles. The van der Waals surface area contributed by atoms with Gasteiger partial charge >= 0.3 is 0 Å². The molecule has 0 aromatic heterocycles. The van der Waals surface area contributed by atoms with E-state index in [1.807, 2.05) is 0 Å². The summed E-state index contributed by atoms with van der Waals surface area (Å²) in [6, 6.07) is 0. The number of hydrogen-bond donors (Lipinski definition) is 0. The fourth-order valence-electron chi connectivity index (χ4n) is 0.618. The Morgan fingerprint density at radius 2 is 1.36 bits per heavy atom. The Hall–Kier alpha value is 1.10. The number of rotatable bonds is 9. The molecule has 0 fully saturated rings. The van der Waals surface area contributed by atoms with E-state index in [9.17, 15) is 0 Å². The van der Waals surface area contributed by atoms with Crippen molar-refractivity contribution < 1.29 is 14.2 Å². The van der Waals surface area contributed by atoms with Crippen molar-refractivity contribution in [2.45, 2.75) is 0 Å². The molecule has 0 atom stereocenters. The third kappa shape index (κ3) is 13.1. The summed E-state index contributed by atoms with van der Waals surface area (Å²) in [5, 5.41) is 0.